The van der Waals surface area contributed by atoms with Gasteiger partial charge in [-0.15, -0.1) is 5.10 Å². The molecule has 0 fully saturated rings. The van der Waals surface area contributed by atoms with Crippen molar-refractivity contribution in [2.75, 3.05) is 0 Å². The highest BCUT2D eigenvalue weighted by molar-refractivity contribution is 7.05. The summed E-state index contributed by atoms with van der Waals surface area (Å²) in [5.41, 5.74) is 1.39. The van der Waals surface area contributed by atoms with Crippen LogP contribution in [-0.2, 0) is 6.42 Å². The lowest BCUT2D eigenvalue weighted by Gasteiger charge is -2.09. The summed E-state index contributed by atoms with van der Waals surface area (Å²) < 4.78 is 17.0. The Bertz CT molecular complexity index is 532. The number of rotatable bonds is 3. The molecule has 0 saturated heterocycles. The third-order valence-corrected chi connectivity index (χ3v) is 3.64. The molecule has 0 amide bonds. The predicted octanol–water partition coefficient (Wildman–Crippen LogP) is 2.92. The first kappa shape index (κ1) is 12.4. The maximum atomic E-state index is 13.2. The Morgan fingerprint density at radius 1 is 1.53 bits per heavy atom. The van der Waals surface area contributed by atoms with Crippen LogP contribution in [0.3, 0.4) is 0 Å². The molecule has 90 valence electrons. The Balaban J connectivity index is 2.16. The van der Waals surface area contributed by atoms with Gasteiger partial charge in [-0.1, -0.05) is 22.2 Å². The summed E-state index contributed by atoms with van der Waals surface area (Å²) in [5, 5.41) is 13.9. The summed E-state index contributed by atoms with van der Waals surface area (Å²) >= 11 is 6.74. The highest BCUT2D eigenvalue weighted by atomic mass is 35.5. The second-order valence-electron chi connectivity index (χ2n) is 3.69. The van der Waals surface area contributed by atoms with E-state index in [4.69, 9.17) is 11.6 Å². The third kappa shape index (κ3) is 2.80. The predicted molar refractivity (Wildman–Crippen MR) is 64.7 cm³/mol. The third-order valence-electron chi connectivity index (χ3n) is 2.40. The first-order valence-electron chi connectivity index (χ1n) is 4.98. The number of benzene rings is 1. The van der Waals surface area contributed by atoms with E-state index in [9.17, 15) is 9.50 Å². The zero-order chi connectivity index (χ0) is 12.4. The van der Waals surface area contributed by atoms with E-state index in [1.807, 2.05) is 0 Å². The van der Waals surface area contributed by atoms with Crippen molar-refractivity contribution in [3.63, 3.8) is 0 Å². The van der Waals surface area contributed by atoms with Crippen LogP contribution in [-0.4, -0.2) is 14.7 Å². The summed E-state index contributed by atoms with van der Waals surface area (Å²) in [6, 6.07) is 4.50. The molecule has 3 nitrogen and oxygen atoms in total. The smallest absolute Gasteiger partial charge is 0.142 e. The number of aromatic nitrogens is 2. The number of hydrogen-bond donors (Lipinski definition) is 1. The van der Waals surface area contributed by atoms with Crippen LogP contribution < -0.4 is 0 Å². The summed E-state index contributed by atoms with van der Waals surface area (Å²) in [6.07, 6.45) is -0.394. The van der Waals surface area contributed by atoms with Gasteiger partial charge in [-0.05, 0) is 36.2 Å². The molecular weight excluding hydrogens is 263 g/mol. The van der Waals surface area contributed by atoms with Crippen molar-refractivity contribution in [1.29, 1.82) is 0 Å². The van der Waals surface area contributed by atoms with Gasteiger partial charge in [-0.3, -0.25) is 0 Å². The van der Waals surface area contributed by atoms with Gasteiger partial charge in [-0.25, -0.2) is 4.39 Å². The SMILES string of the molecule is Cc1nnsc1C(O)Cc1ccc(Cl)c(F)c1. The molecule has 2 aromatic rings. The van der Waals surface area contributed by atoms with Crippen LogP contribution in [0.2, 0.25) is 5.02 Å². The minimum absolute atomic E-state index is 0.0823. The van der Waals surface area contributed by atoms with Crippen LogP contribution in [0.1, 0.15) is 22.2 Å². The van der Waals surface area contributed by atoms with Gasteiger partial charge in [0.1, 0.15) is 5.82 Å². The van der Waals surface area contributed by atoms with E-state index in [2.05, 4.69) is 9.59 Å². The highest BCUT2D eigenvalue weighted by Gasteiger charge is 2.15. The maximum Gasteiger partial charge on any atom is 0.142 e. The molecule has 0 bridgehead atoms. The fraction of sp³-hybridized carbons (Fsp3) is 0.273. The van der Waals surface area contributed by atoms with Crippen molar-refractivity contribution in [1.82, 2.24) is 9.59 Å². The average Bonchev–Trinajstić information content (AvgIpc) is 2.70. The van der Waals surface area contributed by atoms with Gasteiger partial charge in [0, 0.05) is 6.42 Å². The maximum absolute atomic E-state index is 13.2. The molecule has 0 spiro atoms. The lowest BCUT2D eigenvalue weighted by molar-refractivity contribution is 0.181. The number of aliphatic hydroxyl groups is 1. The van der Waals surface area contributed by atoms with Crippen molar-refractivity contribution >= 4 is 23.1 Å². The summed E-state index contributed by atoms with van der Waals surface area (Å²) in [6.45, 7) is 1.78. The lowest BCUT2D eigenvalue weighted by Crippen LogP contribution is -2.01. The largest absolute Gasteiger partial charge is 0.387 e. The molecule has 0 aliphatic rings. The second kappa shape index (κ2) is 5.08. The molecule has 1 heterocycles. The van der Waals surface area contributed by atoms with Crippen molar-refractivity contribution in [2.45, 2.75) is 19.4 Å². The normalized spacial score (nSPS) is 12.7. The molecule has 1 N–H and O–H groups in total. The molecular formula is C11H10ClFN2OS. The van der Waals surface area contributed by atoms with Crippen LogP contribution in [0.15, 0.2) is 18.2 Å². The lowest BCUT2D eigenvalue weighted by atomic mass is 10.1. The first-order valence-corrected chi connectivity index (χ1v) is 6.14. The zero-order valence-electron chi connectivity index (χ0n) is 9.02. The molecule has 2 rings (SSSR count). The summed E-state index contributed by atoms with van der Waals surface area (Å²) in [5.74, 6) is -0.476. The van der Waals surface area contributed by atoms with E-state index >= 15 is 0 Å². The summed E-state index contributed by atoms with van der Waals surface area (Å²) in [4.78, 5) is 0.709. The van der Waals surface area contributed by atoms with Crippen molar-refractivity contribution in [2.24, 2.45) is 0 Å². The molecule has 1 unspecified atom stereocenters. The molecule has 0 aliphatic carbocycles. The van der Waals surface area contributed by atoms with Gasteiger partial charge in [0.05, 0.1) is 21.7 Å². The molecule has 0 radical (unpaired) electrons. The van der Waals surface area contributed by atoms with Crippen molar-refractivity contribution in [3.8, 4) is 0 Å². The van der Waals surface area contributed by atoms with Gasteiger partial charge in [0.15, 0.2) is 0 Å². The molecule has 17 heavy (non-hydrogen) atoms. The van der Waals surface area contributed by atoms with Gasteiger partial charge in [0.25, 0.3) is 0 Å². The van der Waals surface area contributed by atoms with E-state index in [-0.39, 0.29) is 5.02 Å². The minimum Gasteiger partial charge on any atom is -0.387 e. The van der Waals surface area contributed by atoms with Gasteiger partial charge in [-0.2, -0.15) is 0 Å². The van der Waals surface area contributed by atoms with Crippen molar-refractivity contribution in [3.05, 3.63) is 45.2 Å². The van der Waals surface area contributed by atoms with Crippen LogP contribution in [0.25, 0.3) is 0 Å². The number of aryl methyl sites for hydroxylation is 1. The number of nitrogens with zero attached hydrogens (tertiary/aromatic N) is 2. The topological polar surface area (TPSA) is 46.0 Å². The standard InChI is InChI=1S/C11H10ClFN2OS/c1-6-11(17-15-14-6)10(16)5-7-2-3-8(12)9(13)4-7/h2-4,10,16H,5H2,1H3. The molecule has 0 aliphatic heterocycles. The summed E-state index contributed by atoms with van der Waals surface area (Å²) in [7, 11) is 0. The van der Waals surface area contributed by atoms with Gasteiger partial charge >= 0.3 is 0 Å². The van der Waals surface area contributed by atoms with E-state index in [0.717, 1.165) is 11.5 Å². The molecule has 0 saturated carbocycles. The van der Waals surface area contributed by atoms with Crippen LogP contribution in [0.4, 0.5) is 4.39 Å². The number of halogens is 2. The second-order valence-corrected chi connectivity index (χ2v) is 4.88. The fourth-order valence-corrected chi connectivity index (χ4v) is 2.27. The number of hydrogen-bond acceptors (Lipinski definition) is 4. The van der Waals surface area contributed by atoms with E-state index in [1.165, 1.54) is 12.1 Å². The monoisotopic (exact) mass is 272 g/mol. The van der Waals surface area contributed by atoms with Crippen LogP contribution >= 0.6 is 23.1 Å². The average molecular weight is 273 g/mol. The Kier molecular flexibility index (Phi) is 3.71. The first-order chi connectivity index (χ1) is 8.08. The van der Waals surface area contributed by atoms with Crippen LogP contribution in [0.5, 0.6) is 0 Å². The quantitative estimate of drug-likeness (QED) is 0.934. The Labute approximate surface area is 107 Å². The zero-order valence-corrected chi connectivity index (χ0v) is 10.6. The Morgan fingerprint density at radius 2 is 2.29 bits per heavy atom. The van der Waals surface area contributed by atoms with Crippen molar-refractivity contribution < 1.29 is 9.50 Å². The molecule has 1 aromatic carbocycles. The minimum atomic E-state index is -0.712. The fourth-order valence-electron chi connectivity index (χ4n) is 1.53. The van der Waals surface area contributed by atoms with E-state index in [1.54, 1.807) is 13.0 Å². The molecule has 1 aromatic heterocycles. The van der Waals surface area contributed by atoms with Crippen LogP contribution in [0, 0.1) is 12.7 Å². The molecule has 6 heteroatoms. The van der Waals surface area contributed by atoms with E-state index in [0.29, 0.717) is 22.6 Å². The van der Waals surface area contributed by atoms with Gasteiger partial charge in [0.2, 0.25) is 0 Å². The Morgan fingerprint density at radius 3 is 2.88 bits per heavy atom. The van der Waals surface area contributed by atoms with Gasteiger partial charge < -0.3 is 5.11 Å². The Hall–Kier alpha value is -1.04. The highest BCUT2D eigenvalue weighted by Crippen LogP contribution is 2.24. The molecule has 1 atom stereocenters. The number of aliphatic hydroxyl groups excluding tert-OH is 1. The van der Waals surface area contributed by atoms with E-state index < -0.39 is 11.9 Å².